The molecule has 2 aromatic carbocycles. The molecule has 0 aromatic heterocycles. The van der Waals surface area contributed by atoms with E-state index in [9.17, 15) is 9.90 Å². The Morgan fingerprint density at radius 3 is 2.43 bits per heavy atom. The first kappa shape index (κ1) is 14.4. The second-order valence-electron chi connectivity index (χ2n) is 4.38. The van der Waals surface area contributed by atoms with Gasteiger partial charge in [0.05, 0.1) is 5.56 Å². The molecular formula is C15H15N3O3. The minimum Gasteiger partial charge on any atom is -0.507 e. The van der Waals surface area contributed by atoms with Gasteiger partial charge in [0.2, 0.25) is 0 Å². The maximum atomic E-state index is 11.9. The molecule has 1 amide bonds. The number of hydrogen-bond acceptors (Lipinski definition) is 4. The number of hydrogen-bond donors (Lipinski definition) is 4. The van der Waals surface area contributed by atoms with Crippen LogP contribution in [0.3, 0.4) is 0 Å². The zero-order valence-electron chi connectivity index (χ0n) is 11.2. The molecule has 0 saturated heterocycles. The Morgan fingerprint density at radius 2 is 1.81 bits per heavy atom. The smallest absolute Gasteiger partial charge is 0.255 e. The number of nitrogens with one attached hydrogen (secondary N) is 1. The van der Waals surface area contributed by atoms with Gasteiger partial charge in [-0.15, -0.1) is 0 Å². The lowest BCUT2D eigenvalue weighted by Gasteiger charge is -2.07. The highest BCUT2D eigenvalue weighted by molar-refractivity contribution is 5.97. The number of phenols is 1. The fourth-order valence-electron chi connectivity index (χ4n) is 1.79. The average molecular weight is 285 g/mol. The topological polar surface area (TPSA) is 108 Å². The summed E-state index contributed by atoms with van der Waals surface area (Å²) in [6.45, 7) is 0.309. The first-order valence-electron chi connectivity index (χ1n) is 6.25. The molecule has 0 unspecified atom stereocenters. The number of nitrogens with zero attached hydrogens (tertiary/aromatic N) is 1. The molecule has 108 valence electrons. The fourth-order valence-corrected chi connectivity index (χ4v) is 1.79. The SMILES string of the molecule is NC(=NO)c1ccc(CNC(=O)c2ccccc2O)cc1. The molecule has 0 fully saturated rings. The molecule has 21 heavy (non-hydrogen) atoms. The third kappa shape index (κ3) is 3.50. The van der Waals surface area contributed by atoms with Gasteiger partial charge in [-0.2, -0.15) is 0 Å². The molecule has 0 atom stereocenters. The van der Waals surface area contributed by atoms with E-state index in [2.05, 4.69) is 10.5 Å². The van der Waals surface area contributed by atoms with Crippen LogP contribution in [0.25, 0.3) is 0 Å². The van der Waals surface area contributed by atoms with E-state index in [1.54, 1.807) is 42.5 Å². The summed E-state index contributed by atoms with van der Waals surface area (Å²) in [7, 11) is 0. The number of aromatic hydroxyl groups is 1. The number of amidine groups is 1. The van der Waals surface area contributed by atoms with E-state index in [-0.39, 0.29) is 23.1 Å². The van der Waals surface area contributed by atoms with Crippen LogP contribution in [0.4, 0.5) is 0 Å². The van der Waals surface area contributed by atoms with Crippen molar-refractivity contribution in [3.05, 3.63) is 65.2 Å². The lowest BCUT2D eigenvalue weighted by molar-refractivity contribution is 0.0948. The van der Waals surface area contributed by atoms with E-state index in [1.807, 2.05) is 0 Å². The van der Waals surface area contributed by atoms with Gasteiger partial charge in [0.1, 0.15) is 5.75 Å². The van der Waals surface area contributed by atoms with E-state index >= 15 is 0 Å². The van der Waals surface area contributed by atoms with E-state index < -0.39 is 0 Å². The van der Waals surface area contributed by atoms with Crippen LogP contribution < -0.4 is 11.1 Å². The number of carbonyl (C=O) groups is 1. The standard InChI is InChI=1S/C15H15N3O3/c16-14(18-21)11-7-5-10(6-8-11)9-17-15(20)12-3-1-2-4-13(12)19/h1-8,19,21H,9H2,(H2,16,18)(H,17,20). The van der Waals surface area contributed by atoms with Gasteiger partial charge in [0.15, 0.2) is 5.84 Å². The maximum absolute atomic E-state index is 11.9. The van der Waals surface area contributed by atoms with Crippen molar-refractivity contribution in [3.63, 3.8) is 0 Å². The number of carbonyl (C=O) groups excluding carboxylic acids is 1. The first-order chi connectivity index (χ1) is 10.1. The van der Waals surface area contributed by atoms with Crippen LogP contribution in [0.2, 0.25) is 0 Å². The summed E-state index contributed by atoms with van der Waals surface area (Å²) < 4.78 is 0. The number of benzene rings is 2. The van der Waals surface area contributed by atoms with Crippen LogP contribution in [-0.2, 0) is 6.54 Å². The van der Waals surface area contributed by atoms with Gasteiger partial charge in [-0.05, 0) is 17.7 Å². The summed E-state index contributed by atoms with van der Waals surface area (Å²) in [5, 5.41) is 23.8. The molecule has 0 heterocycles. The zero-order valence-corrected chi connectivity index (χ0v) is 11.2. The van der Waals surface area contributed by atoms with E-state index in [0.29, 0.717) is 12.1 Å². The molecule has 0 bridgehead atoms. The third-order valence-corrected chi connectivity index (χ3v) is 2.96. The van der Waals surface area contributed by atoms with Crippen molar-refractivity contribution in [2.45, 2.75) is 6.54 Å². The normalized spacial score (nSPS) is 11.1. The van der Waals surface area contributed by atoms with E-state index in [1.165, 1.54) is 6.07 Å². The van der Waals surface area contributed by atoms with E-state index in [0.717, 1.165) is 5.56 Å². The molecule has 0 aliphatic heterocycles. The van der Waals surface area contributed by atoms with Gasteiger partial charge in [-0.1, -0.05) is 41.6 Å². The number of phenolic OH excluding ortho intramolecular Hbond substituents is 1. The van der Waals surface area contributed by atoms with E-state index in [4.69, 9.17) is 10.9 Å². The molecular weight excluding hydrogens is 270 g/mol. The summed E-state index contributed by atoms with van der Waals surface area (Å²) in [6, 6.07) is 13.2. The Labute approximate surface area is 121 Å². The Bertz CT molecular complexity index is 666. The Kier molecular flexibility index (Phi) is 4.40. The molecule has 0 aliphatic carbocycles. The molecule has 6 heteroatoms. The lowest BCUT2D eigenvalue weighted by Crippen LogP contribution is -2.23. The molecule has 0 saturated carbocycles. The van der Waals surface area contributed by atoms with Gasteiger partial charge >= 0.3 is 0 Å². The minimum atomic E-state index is -0.353. The van der Waals surface area contributed by atoms with Crippen LogP contribution in [0.5, 0.6) is 5.75 Å². The Morgan fingerprint density at radius 1 is 1.14 bits per heavy atom. The molecule has 2 rings (SSSR count). The summed E-state index contributed by atoms with van der Waals surface area (Å²) in [4.78, 5) is 11.9. The monoisotopic (exact) mass is 285 g/mol. The predicted octanol–water partition coefficient (Wildman–Crippen LogP) is 1.42. The second kappa shape index (κ2) is 6.42. The molecule has 0 aliphatic rings. The Balaban J connectivity index is 2.00. The van der Waals surface area contributed by atoms with Crippen molar-refractivity contribution in [2.75, 3.05) is 0 Å². The molecule has 2 aromatic rings. The van der Waals surface area contributed by atoms with Gasteiger partial charge in [0.25, 0.3) is 5.91 Å². The fraction of sp³-hybridized carbons (Fsp3) is 0.0667. The second-order valence-corrected chi connectivity index (χ2v) is 4.38. The van der Waals surface area contributed by atoms with Crippen LogP contribution >= 0.6 is 0 Å². The van der Waals surface area contributed by atoms with Crippen LogP contribution in [0, 0.1) is 0 Å². The van der Waals surface area contributed by atoms with Crippen molar-refractivity contribution in [3.8, 4) is 5.75 Å². The molecule has 6 nitrogen and oxygen atoms in total. The molecule has 0 radical (unpaired) electrons. The predicted molar refractivity (Wildman–Crippen MR) is 78.2 cm³/mol. The largest absolute Gasteiger partial charge is 0.507 e. The highest BCUT2D eigenvalue weighted by atomic mass is 16.4. The van der Waals surface area contributed by atoms with Gasteiger partial charge in [-0.3, -0.25) is 4.79 Å². The average Bonchev–Trinajstić information content (AvgIpc) is 2.52. The van der Waals surface area contributed by atoms with Crippen LogP contribution in [0.15, 0.2) is 53.7 Å². The van der Waals surface area contributed by atoms with Crippen molar-refractivity contribution < 1.29 is 15.1 Å². The summed E-state index contributed by atoms with van der Waals surface area (Å²) in [5.41, 5.74) is 7.14. The van der Waals surface area contributed by atoms with Crippen molar-refractivity contribution in [1.29, 1.82) is 0 Å². The van der Waals surface area contributed by atoms with Gasteiger partial charge < -0.3 is 21.4 Å². The van der Waals surface area contributed by atoms with Gasteiger partial charge in [0, 0.05) is 12.1 Å². The summed E-state index contributed by atoms with van der Waals surface area (Å²) >= 11 is 0. The highest BCUT2D eigenvalue weighted by Gasteiger charge is 2.09. The highest BCUT2D eigenvalue weighted by Crippen LogP contribution is 2.15. The van der Waals surface area contributed by atoms with Crippen molar-refractivity contribution >= 4 is 11.7 Å². The summed E-state index contributed by atoms with van der Waals surface area (Å²) in [5.74, 6) is -0.384. The number of rotatable bonds is 4. The number of oxime groups is 1. The lowest BCUT2D eigenvalue weighted by atomic mass is 10.1. The van der Waals surface area contributed by atoms with Crippen molar-refractivity contribution in [1.82, 2.24) is 5.32 Å². The summed E-state index contributed by atoms with van der Waals surface area (Å²) in [6.07, 6.45) is 0. The van der Waals surface area contributed by atoms with Crippen LogP contribution in [-0.4, -0.2) is 22.1 Å². The molecule has 0 spiro atoms. The van der Waals surface area contributed by atoms with Crippen molar-refractivity contribution in [2.24, 2.45) is 10.9 Å². The van der Waals surface area contributed by atoms with Gasteiger partial charge in [-0.25, -0.2) is 0 Å². The number of nitrogens with two attached hydrogens (primary N) is 1. The number of para-hydroxylation sites is 1. The minimum absolute atomic E-state index is 0.0276. The quantitative estimate of drug-likeness (QED) is 0.295. The van der Waals surface area contributed by atoms with Crippen LogP contribution in [0.1, 0.15) is 21.5 Å². The zero-order chi connectivity index (χ0) is 15.2. The first-order valence-corrected chi connectivity index (χ1v) is 6.25. The third-order valence-electron chi connectivity index (χ3n) is 2.96. The number of amides is 1. The Hall–Kier alpha value is -3.02. The maximum Gasteiger partial charge on any atom is 0.255 e. The molecule has 5 N–H and O–H groups in total.